The van der Waals surface area contributed by atoms with Gasteiger partial charge in [0.2, 0.25) is 0 Å². The number of amides is 1. The largest absolute Gasteiger partial charge is 0.448 e. The Morgan fingerprint density at radius 1 is 1.00 bits per heavy atom. The average Bonchev–Trinajstić information content (AvgIpc) is 3.53. The summed E-state index contributed by atoms with van der Waals surface area (Å²) in [7, 11) is 0. The van der Waals surface area contributed by atoms with Crippen LogP contribution in [0.25, 0.3) is 22.3 Å². The van der Waals surface area contributed by atoms with Gasteiger partial charge in [-0.1, -0.05) is 54.6 Å². The van der Waals surface area contributed by atoms with E-state index in [0.717, 1.165) is 30.6 Å². The Morgan fingerprint density at radius 2 is 1.76 bits per heavy atom. The van der Waals surface area contributed by atoms with Crippen LogP contribution in [-0.4, -0.2) is 44.1 Å². The van der Waals surface area contributed by atoms with Crippen LogP contribution in [0.5, 0.6) is 0 Å². The number of nitrogens with zero attached hydrogens (tertiary/aromatic N) is 4. The molecule has 4 aromatic rings. The van der Waals surface area contributed by atoms with Crippen LogP contribution in [0.2, 0.25) is 0 Å². The van der Waals surface area contributed by atoms with E-state index in [4.69, 9.17) is 4.74 Å². The van der Waals surface area contributed by atoms with E-state index in [9.17, 15) is 4.79 Å². The molecule has 2 bridgehead atoms. The predicted molar refractivity (Wildman–Crippen MR) is 129 cm³/mol. The Bertz CT molecular complexity index is 1410. The topological polar surface area (TPSA) is 59.7 Å². The SMILES string of the molecule is O=C(OCC1c2ccccc2-c2ccccc21)N1C2C=C(c3cnc4cnccn34)CC1CC2. The first-order valence-corrected chi connectivity index (χ1v) is 11.9. The molecule has 2 unspecified atom stereocenters. The Kier molecular flexibility index (Phi) is 4.34. The molecule has 0 N–H and O–H groups in total. The van der Waals surface area contributed by atoms with Crippen LogP contribution in [0.4, 0.5) is 4.79 Å². The lowest BCUT2D eigenvalue weighted by atomic mass is 9.98. The summed E-state index contributed by atoms with van der Waals surface area (Å²) in [4.78, 5) is 23.9. The number of carbonyl (C=O) groups is 1. The van der Waals surface area contributed by atoms with E-state index in [1.54, 1.807) is 12.4 Å². The van der Waals surface area contributed by atoms with Crippen molar-refractivity contribution in [3.63, 3.8) is 0 Å². The summed E-state index contributed by atoms with van der Waals surface area (Å²) in [5, 5.41) is 0. The molecule has 4 heterocycles. The van der Waals surface area contributed by atoms with Crippen LogP contribution < -0.4 is 0 Å². The second-order valence-corrected chi connectivity index (χ2v) is 9.35. The number of fused-ring (bicyclic) bond motifs is 6. The van der Waals surface area contributed by atoms with Crippen LogP contribution in [0.15, 0.2) is 79.4 Å². The summed E-state index contributed by atoms with van der Waals surface area (Å²) in [5.41, 5.74) is 8.13. The number of hydrogen-bond donors (Lipinski definition) is 0. The third-order valence-corrected chi connectivity index (χ3v) is 7.59. The fourth-order valence-electron chi connectivity index (χ4n) is 6.05. The summed E-state index contributed by atoms with van der Waals surface area (Å²) < 4.78 is 8.06. The summed E-state index contributed by atoms with van der Waals surface area (Å²) in [6, 6.07) is 17.1. The maximum atomic E-state index is 13.3. The van der Waals surface area contributed by atoms with Gasteiger partial charge in [-0.2, -0.15) is 0 Å². The molecule has 7 rings (SSSR count). The summed E-state index contributed by atoms with van der Waals surface area (Å²) in [6.45, 7) is 0.361. The normalized spacial score (nSPS) is 20.8. The molecular weight excluding hydrogens is 424 g/mol. The molecule has 2 atom stereocenters. The Labute approximate surface area is 197 Å². The number of imidazole rings is 1. The first-order chi connectivity index (χ1) is 16.8. The van der Waals surface area contributed by atoms with Gasteiger partial charge in [0.15, 0.2) is 5.65 Å². The third-order valence-electron chi connectivity index (χ3n) is 7.59. The Hall–Kier alpha value is -3.93. The molecule has 0 spiro atoms. The highest BCUT2D eigenvalue weighted by molar-refractivity contribution is 5.79. The van der Waals surface area contributed by atoms with Gasteiger partial charge in [-0.3, -0.25) is 14.3 Å². The molecule has 3 aliphatic rings. The fourth-order valence-corrected chi connectivity index (χ4v) is 6.05. The van der Waals surface area contributed by atoms with Crippen LogP contribution >= 0.6 is 0 Å². The molecular formula is C28H24N4O2. The average molecular weight is 449 g/mol. The van der Waals surface area contributed by atoms with Gasteiger partial charge < -0.3 is 4.74 Å². The lowest BCUT2D eigenvalue weighted by Gasteiger charge is -2.33. The van der Waals surface area contributed by atoms with E-state index in [0.29, 0.717) is 6.61 Å². The summed E-state index contributed by atoms with van der Waals surface area (Å²) in [6.07, 6.45) is 12.2. The van der Waals surface area contributed by atoms with Gasteiger partial charge in [0, 0.05) is 24.4 Å². The highest BCUT2D eigenvalue weighted by Crippen LogP contribution is 2.45. The van der Waals surface area contributed by atoms with Gasteiger partial charge in [-0.25, -0.2) is 9.78 Å². The molecule has 1 fully saturated rings. The number of carbonyl (C=O) groups excluding carboxylic acids is 1. The highest BCUT2D eigenvalue weighted by Gasteiger charge is 2.41. The van der Waals surface area contributed by atoms with E-state index < -0.39 is 0 Å². The zero-order chi connectivity index (χ0) is 22.6. The van der Waals surface area contributed by atoms with Crippen LogP contribution in [0.3, 0.4) is 0 Å². The monoisotopic (exact) mass is 448 g/mol. The highest BCUT2D eigenvalue weighted by atomic mass is 16.6. The van der Waals surface area contributed by atoms with Crippen LogP contribution in [0.1, 0.15) is 42.0 Å². The minimum Gasteiger partial charge on any atom is -0.448 e. The van der Waals surface area contributed by atoms with Gasteiger partial charge in [0.05, 0.1) is 24.1 Å². The second-order valence-electron chi connectivity index (χ2n) is 9.35. The Morgan fingerprint density at radius 3 is 2.53 bits per heavy atom. The minimum atomic E-state index is -0.202. The van der Waals surface area contributed by atoms with Gasteiger partial charge in [-0.05, 0) is 47.1 Å². The fraction of sp³-hybridized carbons (Fsp3) is 0.250. The van der Waals surface area contributed by atoms with Crippen molar-refractivity contribution in [3.05, 3.63) is 96.2 Å². The lowest BCUT2D eigenvalue weighted by Crippen LogP contribution is -2.43. The van der Waals surface area contributed by atoms with Crippen molar-refractivity contribution in [2.75, 3.05) is 6.61 Å². The summed E-state index contributed by atoms with van der Waals surface area (Å²) >= 11 is 0. The number of rotatable bonds is 3. The van der Waals surface area contributed by atoms with Crippen molar-refractivity contribution in [2.24, 2.45) is 0 Å². The molecule has 2 aliphatic heterocycles. The van der Waals surface area contributed by atoms with E-state index in [2.05, 4.69) is 69.0 Å². The van der Waals surface area contributed by atoms with Gasteiger partial charge in [-0.15, -0.1) is 0 Å². The van der Waals surface area contributed by atoms with Crippen molar-refractivity contribution in [2.45, 2.75) is 37.3 Å². The minimum absolute atomic E-state index is 0.0665. The number of ether oxygens (including phenoxy) is 1. The van der Waals surface area contributed by atoms with Crippen molar-refractivity contribution in [1.29, 1.82) is 0 Å². The zero-order valence-electron chi connectivity index (χ0n) is 18.7. The van der Waals surface area contributed by atoms with E-state index in [-0.39, 0.29) is 24.1 Å². The maximum Gasteiger partial charge on any atom is 0.410 e. The smallest absolute Gasteiger partial charge is 0.410 e. The molecule has 1 amide bonds. The van der Waals surface area contributed by atoms with Crippen LogP contribution in [-0.2, 0) is 4.74 Å². The van der Waals surface area contributed by atoms with Crippen molar-refractivity contribution >= 4 is 17.3 Å². The molecule has 34 heavy (non-hydrogen) atoms. The van der Waals surface area contributed by atoms with E-state index in [1.807, 2.05) is 17.3 Å². The van der Waals surface area contributed by atoms with Gasteiger partial charge in [0.25, 0.3) is 0 Å². The summed E-state index contributed by atoms with van der Waals surface area (Å²) in [5.74, 6) is 0.0802. The van der Waals surface area contributed by atoms with Crippen molar-refractivity contribution in [3.8, 4) is 11.1 Å². The molecule has 168 valence electrons. The maximum absolute atomic E-state index is 13.3. The molecule has 2 aromatic carbocycles. The molecule has 2 aromatic heterocycles. The molecule has 6 heteroatoms. The number of aromatic nitrogens is 3. The molecule has 1 saturated heterocycles. The molecule has 1 aliphatic carbocycles. The lowest BCUT2D eigenvalue weighted by molar-refractivity contribution is 0.0866. The predicted octanol–water partition coefficient (Wildman–Crippen LogP) is 5.30. The zero-order valence-corrected chi connectivity index (χ0v) is 18.7. The molecule has 6 nitrogen and oxygen atoms in total. The molecule has 0 radical (unpaired) electrons. The Balaban J connectivity index is 1.12. The van der Waals surface area contributed by atoms with Crippen LogP contribution in [0, 0.1) is 0 Å². The first kappa shape index (κ1) is 19.5. The number of hydrogen-bond acceptors (Lipinski definition) is 4. The van der Waals surface area contributed by atoms with Crippen molar-refractivity contribution < 1.29 is 9.53 Å². The standard InChI is InChI=1S/C28H24N4O2/c33-28(34-17-25-23-7-3-1-5-21(23)22-6-2-4-8-24(22)25)32-19-9-10-20(32)14-18(13-19)26-15-30-27-16-29-11-12-31(26)27/h1-8,11-13,15-16,19-20,25H,9-10,14,17H2. The van der Waals surface area contributed by atoms with E-state index in [1.165, 1.54) is 27.8 Å². The van der Waals surface area contributed by atoms with E-state index >= 15 is 0 Å². The first-order valence-electron chi connectivity index (χ1n) is 11.9. The second kappa shape index (κ2) is 7.55. The van der Waals surface area contributed by atoms with Gasteiger partial charge >= 0.3 is 6.09 Å². The van der Waals surface area contributed by atoms with Gasteiger partial charge in [0.1, 0.15) is 6.61 Å². The number of benzene rings is 2. The quantitative estimate of drug-likeness (QED) is 0.427. The van der Waals surface area contributed by atoms with Crippen molar-refractivity contribution in [1.82, 2.24) is 19.3 Å². The molecule has 0 saturated carbocycles. The third kappa shape index (κ3) is 2.91.